The van der Waals surface area contributed by atoms with Crippen LogP contribution in [0.4, 0.5) is 0 Å². The van der Waals surface area contributed by atoms with Gasteiger partial charge in [-0.05, 0) is 36.1 Å². The molecule has 1 aliphatic rings. The monoisotopic (exact) mass is 220 g/mol. The first kappa shape index (κ1) is 9.17. The van der Waals surface area contributed by atoms with Crippen molar-refractivity contribution in [3.8, 4) is 0 Å². The van der Waals surface area contributed by atoms with E-state index in [-0.39, 0.29) is 5.43 Å². The smallest absolute Gasteiger partial charge is 0.194 e. The minimum Gasteiger partial charge on any atom is -0.289 e. The summed E-state index contributed by atoms with van der Waals surface area (Å²) in [5, 5.41) is 5.46. The number of benzene rings is 2. The van der Waals surface area contributed by atoms with Gasteiger partial charge in [-0.1, -0.05) is 35.9 Å². The van der Waals surface area contributed by atoms with Crippen molar-refractivity contribution in [3.05, 3.63) is 51.3 Å². The maximum Gasteiger partial charge on any atom is 0.194 e. The quantitative estimate of drug-likeness (QED) is 0.569. The summed E-state index contributed by atoms with van der Waals surface area (Å²) in [5.41, 5.74) is 2.83. The van der Waals surface area contributed by atoms with E-state index in [1.807, 2.05) is 12.1 Å². The maximum absolute atomic E-state index is 12.4. The second-order valence-electron chi connectivity index (χ2n) is 4.97. The Labute approximate surface area is 98.7 Å². The van der Waals surface area contributed by atoms with Gasteiger partial charge in [-0.15, -0.1) is 0 Å². The lowest BCUT2D eigenvalue weighted by molar-refractivity contribution is 1.50. The first-order chi connectivity index (χ1) is 8.27. The zero-order valence-corrected chi connectivity index (χ0v) is 9.71. The molecule has 0 radical (unpaired) electrons. The average molecular weight is 220 g/mol. The number of aryl methyl sites for hydroxylation is 1. The summed E-state index contributed by atoms with van der Waals surface area (Å²) in [5.74, 6) is 0. The molecule has 4 rings (SSSR count). The Morgan fingerprint density at radius 2 is 1.71 bits per heavy atom. The van der Waals surface area contributed by atoms with Crippen molar-refractivity contribution in [1.29, 1.82) is 0 Å². The zero-order chi connectivity index (χ0) is 11.6. The van der Waals surface area contributed by atoms with Gasteiger partial charge in [-0.3, -0.25) is 4.79 Å². The van der Waals surface area contributed by atoms with Crippen LogP contribution in [0.5, 0.6) is 0 Å². The predicted molar refractivity (Wildman–Crippen MR) is 71.5 cm³/mol. The van der Waals surface area contributed by atoms with Crippen LogP contribution in [0.1, 0.15) is 18.4 Å². The van der Waals surface area contributed by atoms with Crippen LogP contribution in [0.3, 0.4) is 0 Å². The van der Waals surface area contributed by atoms with E-state index in [0.717, 1.165) is 23.4 Å². The third-order valence-corrected chi connectivity index (χ3v) is 3.85. The summed E-state index contributed by atoms with van der Waals surface area (Å²) in [7, 11) is 0. The minimum absolute atomic E-state index is 0.240. The Morgan fingerprint density at radius 3 is 2.47 bits per heavy atom. The first-order valence-corrected chi connectivity index (χ1v) is 6.07. The topological polar surface area (TPSA) is 17.1 Å². The van der Waals surface area contributed by atoms with Gasteiger partial charge in [-0.2, -0.15) is 0 Å². The van der Waals surface area contributed by atoms with E-state index < -0.39 is 0 Å². The first-order valence-electron chi connectivity index (χ1n) is 6.07. The summed E-state index contributed by atoms with van der Waals surface area (Å²) in [6.07, 6.45) is 2.20. The molecule has 0 heterocycles. The number of hydrogen-bond donors (Lipinski definition) is 0. The highest BCUT2D eigenvalue weighted by Gasteiger charge is 2.19. The SMILES string of the molecule is Cc1ccc2c(=C3CC3)c(=O)c3cccc1c32. The van der Waals surface area contributed by atoms with Crippen LogP contribution in [0, 0.1) is 6.92 Å². The molecule has 0 aliphatic heterocycles. The molecule has 0 spiro atoms. The molecule has 3 aromatic carbocycles. The van der Waals surface area contributed by atoms with E-state index in [4.69, 9.17) is 0 Å². The molecule has 0 unspecified atom stereocenters. The maximum atomic E-state index is 12.4. The van der Waals surface area contributed by atoms with E-state index in [1.54, 1.807) is 0 Å². The molecular weight excluding hydrogens is 208 g/mol. The van der Waals surface area contributed by atoms with Crippen molar-refractivity contribution in [2.24, 2.45) is 0 Å². The van der Waals surface area contributed by atoms with Gasteiger partial charge < -0.3 is 0 Å². The highest BCUT2D eigenvalue weighted by Crippen LogP contribution is 2.31. The van der Waals surface area contributed by atoms with E-state index in [9.17, 15) is 4.79 Å². The lowest BCUT2D eigenvalue weighted by Gasteiger charge is -2.01. The molecule has 1 heteroatoms. The molecule has 1 nitrogen and oxygen atoms in total. The normalized spacial score (nSPS) is 15.0. The van der Waals surface area contributed by atoms with Crippen LogP contribution < -0.4 is 10.6 Å². The predicted octanol–water partition coefficient (Wildman–Crippen LogP) is 2.76. The second kappa shape index (κ2) is 2.86. The lowest BCUT2D eigenvalue weighted by atomic mass is 10.0. The Morgan fingerprint density at radius 1 is 0.941 bits per heavy atom. The Balaban J connectivity index is 2.48. The Bertz CT molecular complexity index is 852. The van der Waals surface area contributed by atoms with Gasteiger partial charge in [0, 0.05) is 16.0 Å². The molecule has 0 N–H and O–H groups in total. The fourth-order valence-corrected chi connectivity index (χ4v) is 2.87. The van der Waals surface area contributed by atoms with E-state index >= 15 is 0 Å². The second-order valence-corrected chi connectivity index (χ2v) is 4.97. The Hall–Kier alpha value is -1.89. The third-order valence-electron chi connectivity index (χ3n) is 3.85. The van der Waals surface area contributed by atoms with E-state index in [0.29, 0.717) is 0 Å². The average Bonchev–Trinajstić information content (AvgIpc) is 3.12. The summed E-state index contributed by atoms with van der Waals surface area (Å²) in [4.78, 5) is 12.4. The van der Waals surface area contributed by atoms with E-state index in [2.05, 4.69) is 25.1 Å². The molecule has 0 bridgehead atoms. The zero-order valence-electron chi connectivity index (χ0n) is 9.71. The summed E-state index contributed by atoms with van der Waals surface area (Å²) in [6, 6.07) is 10.3. The van der Waals surface area contributed by atoms with Crippen molar-refractivity contribution in [2.45, 2.75) is 19.8 Å². The van der Waals surface area contributed by atoms with Gasteiger partial charge in [0.05, 0.1) is 0 Å². The standard InChI is InChI=1S/C16H12O/c1-9-5-8-12-14(10-6-7-10)16(17)13-4-2-3-11(9)15(12)13/h2-5,8H,6-7H2,1H3. The van der Waals surface area contributed by atoms with Crippen LogP contribution in [0.25, 0.3) is 27.1 Å². The highest BCUT2D eigenvalue weighted by molar-refractivity contribution is 6.13. The molecule has 82 valence electrons. The molecule has 0 saturated heterocycles. The summed E-state index contributed by atoms with van der Waals surface area (Å²) >= 11 is 0. The molecular formula is C16H12O. The lowest BCUT2D eigenvalue weighted by Crippen LogP contribution is -2.19. The Kier molecular flexibility index (Phi) is 1.54. The van der Waals surface area contributed by atoms with Gasteiger partial charge in [0.1, 0.15) is 0 Å². The summed E-state index contributed by atoms with van der Waals surface area (Å²) < 4.78 is 0. The van der Waals surface area contributed by atoms with Gasteiger partial charge in [0.15, 0.2) is 5.43 Å². The van der Waals surface area contributed by atoms with Crippen molar-refractivity contribution >= 4 is 27.1 Å². The largest absolute Gasteiger partial charge is 0.289 e. The van der Waals surface area contributed by atoms with Crippen molar-refractivity contribution in [2.75, 3.05) is 0 Å². The van der Waals surface area contributed by atoms with Crippen LogP contribution in [0.15, 0.2) is 35.1 Å². The fraction of sp³-hybridized carbons (Fsp3) is 0.188. The minimum atomic E-state index is 0.240. The molecule has 3 aromatic rings. The van der Waals surface area contributed by atoms with Crippen LogP contribution in [-0.2, 0) is 0 Å². The van der Waals surface area contributed by atoms with Crippen molar-refractivity contribution < 1.29 is 0 Å². The molecule has 1 aliphatic carbocycles. The number of rotatable bonds is 0. The van der Waals surface area contributed by atoms with E-state index in [1.165, 1.54) is 27.3 Å². The van der Waals surface area contributed by atoms with Gasteiger partial charge in [0.25, 0.3) is 0 Å². The molecule has 17 heavy (non-hydrogen) atoms. The number of hydrogen-bond acceptors (Lipinski definition) is 1. The van der Waals surface area contributed by atoms with Gasteiger partial charge >= 0.3 is 0 Å². The molecule has 1 fully saturated rings. The van der Waals surface area contributed by atoms with Crippen molar-refractivity contribution in [3.63, 3.8) is 0 Å². The van der Waals surface area contributed by atoms with Crippen LogP contribution in [-0.4, -0.2) is 0 Å². The molecule has 0 aromatic heterocycles. The van der Waals surface area contributed by atoms with Crippen LogP contribution >= 0.6 is 0 Å². The highest BCUT2D eigenvalue weighted by atomic mass is 16.1. The van der Waals surface area contributed by atoms with Gasteiger partial charge in [-0.25, -0.2) is 0 Å². The molecule has 1 saturated carbocycles. The molecule has 0 amide bonds. The van der Waals surface area contributed by atoms with Crippen LogP contribution in [0.2, 0.25) is 0 Å². The third kappa shape index (κ3) is 1.06. The van der Waals surface area contributed by atoms with Gasteiger partial charge in [0.2, 0.25) is 0 Å². The fourth-order valence-electron chi connectivity index (χ4n) is 2.87. The summed E-state index contributed by atoms with van der Waals surface area (Å²) in [6.45, 7) is 2.11. The van der Waals surface area contributed by atoms with Crippen molar-refractivity contribution in [1.82, 2.24) is 0 Å². The molecule has 0 atom stereocenters.